The van der Waals surface area contributed by atoms with Crippen LogP contribution in [0.3, 0.4) is 0 Å². The Balaban J connectivity index is 1.44. The fraction of sp³-hybridized carbons (Fsp3) is 0.593. The lowest BCUT2D eigenvalue weighted by molar-refractivity contribution is 0.0228. The molecular weight excluding hydrogens is 420 g/mol. The maximum Gasteiger partial charge on any atom is 0.343 e. The van der Waals surface area contributed by atoms with Crippen molar-refractivity contribution in [3.05, 3.63) is 62.7 Å². The van der Waals surface area contributed by atoms with Crippen molar-refractivity contribution in [1.29, 1.82) is 0 Å². The van der Waals surface area contributed by atoms with Crippen LogP contribution >= 0.6 is 0 Å². The van der Waals surface area contributed by atoms with E-state index in [0.717, 1.165) is 43.2 Å². The van der Waals surface area contributed by atoms with E-state index >= 15 is 0 Å². The van der Waals surface area contributed by atoms with Crippen molar-refractivity contribution in [3.63, 3.8) is 0 Å². The summed E-state index contributed by atoms with van der Waals surface area (Å²) in [6.07, 6.45) is 7.29. The monoisotopic (exact) mass is 456 g/mol. The molecule has 6 heteroatoms. The Morgan fingerprint density at radius 3 is 2.55 bits per heavy atom. The quantitative estimate of drug-likeness (QED) is 0.369. The normalized spacial score (nSPS) is 18.2. The summed E-state index contributed by atoms with van der Waals surface area (Å²) in [5, 5.41) is 11.2. The standard InChI is InChI=1S/C27H36O6/c1-30-14-15-32-17-16-31-13-12-20-6-2-5-9-23-25(28)24(27(29)33-26(20)23)18-21-7-3-4-8-22(21)19-10-11-19/h3-4,7-8,19-20,28H,2,5-6,9-18H2,1H3. The zero-order chi connectivity index (χ0) is 23.0. The van der Waals surface area contributed by atoms with E-state index in [1.807, 2.05) is 6.07 Å². The average molecular weight is 457 g/mol. The minimum atomic E-state index is -0.406. The first-order valence-corrected chi connectivity index (χ1v) is 12.3. The van der Waals surface area contributed by atoms with Crippen LogP contribution in [0.2, 0.25) is 0 Å². The van der Waals surface area contributed by atoms with Gasteiger partial charge < -0.3 is 23.7 Å². The van der Waals surface area contributed by atoms with Gasteiger partial charge in [0.15, 0.2) is 0 Å². The lowest BCUT2D eigenvalue weighted by Crippen LogP contribution is -2.16. The number of hydrogen-bond donors (Lipinski definition) is 1. The first-order chi connectivity index (χ1) is 16.2. The SMILES string of the molecule is COCCOCCOCCC1CCCCc2c1oc(=O)c(Cc1ccccc1C1CC1)c2O. The molecule has 33 heavy (non-hydrogen) atoms. The van der Waals surface area contributed by atoms with Crippen LogP contribution in [0, 0.1) is 0 Å². The molecule has 6 nitrogen and oxygen atoms in total. The first-order valence-electron chi connectivity index (χ1n) is 12.3. The molecule has 1 aromatic carbocycles. The minimum Gasteiger partial charge on any atom is -0.507 e. The molecule has 2 aliphatic carbocycles. The smallest absolute Gasteiger partial charge is 0.343 e. The van der Waals surface area contributed by atoms with Gasteiger partial charge in [-0.3, -0.25) is 0 Å². The van der Waals surface area contributed by atoms with E-state index in [-0.39, 0.29) is 11.7 Å². The number of ether oxygens (including phenoxy) is 3. The third kappa shape index (κ3) is 6.25. The van der Waals surface area contributed by atoms with Gasteiger partial charge in [-0.1, -0.05) is 30.7 Å². The van der Waals surface area contributed by atoms with Crippen LogP contribution in [0.15, 0.2) is 33.5 Å². The summed E-state index contributed by atoms with van der Waals surface area (Å²) in [5.74, 6) is 1.48. The topological polar surface area (TPSA) is 78.1 Å². The van der Waals surface area contributed by atoms with Crippen LogP contribution in [0.4, 0.5) is 0 Å². The second-order valence-corrected chi connectivity index (χ2v) is 9.16. The summed E-state index contributed by atoms with van der Waals surface area (Å²) >= 11 is 0. The van der Waals surface area contributed by atoms with Gasteiger partial charge in [0.05, 0.1) is 32.0 Å². The van der Waals surface area contributed by atoms with Crippen LogP contribution in [0.1, 0.15) is 78.4 Å². The van der Waals surface area contributed by atoms with Gasteiger partial charge in [0.25, 0.3) is 0 Å². The molecule has 1 atom stereocenters. The van der Waals surface area contributed by atoms with Gasteiger partial charge in [-0.15, -0.1) is 0 Å². The van der Waals surface area contributed by atoms with E-state index in [0.29, 0.717) is 56.7 Å². The fourth-order valence-electron chi connectivity index (χ4n) is 4.81. The molecule has 0 spiro atoms. The van der Waals surface area contributed by atoms with Crippen molar-refractivity contribution >= 4 is 0 Å². The van der Waals surface area contributed by atoms with Crippen molar-refractivity contribution in [2.45, 2.75) is 63.2 Å². The van der Waals surface area contributed by atoms with Gasteiger partial charge in [-0.05, 0) is 55.6 Å². The summed E-state index contributed by atoms with van der Waals surface area (Å²) in [5.41, 5.74) is 3.23. The van der Waals surface area contributed by atoms with Gasteiger partial charge in [0, 0.05) is 31.6 Å². The highest BCUT2D eigenvalue weighted by molar-refractivity contribution is 5.46. The third-order valence-corrected chi connectivity index (χ3v) is 6.77. The molecule has 0 bridgehead atoms. The molecule has 1 unspecified atom stereocenters. The Morgan fingerprint density at radius 1 is 1.00 bits per heavy atom. The van der Waals surface area contributed by atoms with Crippen molar-refractivity contribution in [1.82, 2.24) is 0 Å². The molecule has 2 aromatic rings. The zero-order valence-electron chi connectivity index (χ0n) is 19.6. The Kier molecular flexibility index (Phi) is 8.59. The van der Waals surface area contributed by atoms with E-state index in [1.165, 1.54) is 18.4 Å². The largest absolute Gasteiger partial charge is 0.507 e. The molecule has 2 aliphatic rings. The molecule has 1 saturated carbocycles. The number of hydrogen-bond acceptors (Lipinski definition) is 6. The van der Waals surface area contributed by atoms with Crippen molar-refractivity contribution in [2.24, 2.45) is 0 Å². The second kappa shape index (κ2) is 11.8. The van der Waals surface area contributed by atoms with E-state index in [2.05, 4.69) is 18.2 Å². The van der Waals surface area contributed by atoms with Crippen molar-refractivity contribution < 1.29 is 23.7 Å². The maximum atomic E-state index is 13.0. The van der Waals surface area contributed by atoms with E-state index in [4.69, 9.17) is 18.6 Å². The van der Waals surface area contributed by atoms with Crippen molar-refractivity contribution in [3.8, 4) is 5.75 Å². The predicted octanol–water partition coefficient (Wildman–Crippen LogP) is 4.69. The molecule has 0 aliphatic heterocycles. The van der Waals surface area contributed by atoms with Crippen LogP contribution in [0.25, 0.3) is 0 Å². The molecule has 0 amide bonds. The number of fused-ring (bicyclic) bond motifs is 1. The summed E-state index contributed by atoms with van der Waals surface area (Å²) in [4.78, 5) is 13.0. The fourth-order valence-corrected chi connectivity index (χ4v) is 4.81. The Morgan fingerprint density at radius 2 is 1.76 bits per heavy atom. The van der Waals surface area contributed by atoms with Crippen LogP contribution in [-0.2, 0) is 27.1 Å². The number of rotatable bonds is 12. The van der Waals surface area contributed by atoms with Gasteiger partial charge in [0.2, 0.25) is 0 Å². The molecule has 1 fully saturated rings. The summed E-state index contributed by atoms with van der Waals surface area (Å²) in [7, 11) is 1.65. The lowest BCUT2D eigenvalue weighted by Gasteiger charge is -2.18. The maximum absolute atomic E-state index is 13.0. The van der Waals surface area contributed by atoms with Crippen LogP contribution in [-0.4, -0.2) is 45.3 Å². The van der Waals surface area contributed by atoms with Gasteiger partial charge in [0.1, 0.15) is 11.5 Å². The summed E-state index contributed by atoms with van der Waals surface area (Å²) in [6, 6.07) is 8.27. The van der Waals surface area contributed by atoms with Gasteiger partial charge in [-0.25, -0.2) is 4.79 Å². The summed E-state index contributed by atoms with van der Waals surface area (Å²) in [6.45, 7) is 2.77. The molecule has 180 valence electrons. The molecule has 0 radical (unpaired) electrons. The molecule has 1 heterocycles. The highest BCUT2D eigenvalue weighted by Gasteiger charge is 2.29. The van der Waals surface area contributed by atoms with E-state index < -0.39 is 5.63 Å². The highest BCUT2D eigenvalue weighted by Crippen LogP contribution is 2.43. The second-order valence-electron chi connectivity index (χ2n) is 9.16. The summed E-state index contributed by atoms with van der Waals surface area (Å²) < 4.78 is 22.0. The van der Waals surface area contributed by atoms with Gasteiger partial charge >= 0.3 is 5.63 Å². The van der Waals surface area contributed by atoms with Crippen LogP contribution < -0.4 is 5.63 Å². The Bertz CT molecular complexity index is 962. The minimum absolute atomic E-state index is 0.0864. The first kappa shape index (κ1) is 24.0. The van der Waals surface area contributed by atoms with E-state index in [1.54, 1.807) is 7.11 Å². The molecule has 1 N–H and O–H groups in total. The third-order valence-electron chi connectivity index (χ3n) is 6.77. The van der Waals surface area contributed by atoms with Gasteiger partial charge in [-0.2, -0.15) is 0 Å². The molecule has 4 rings (SSSR count). The van der Waals surface area contributed by atoms with Crippen molar-refractivity contribution in [2.75, 3.05) is 40.1 Å². The molecule has 0 saturated heterocycles. The number of benzene rings is 1. The predicted molar refractivity (Wildman–Crippen MR) is 126 cm³/mol. The lowest BCUT2D eigenvalue weighted by atomic mass is 9.93. The molecular formula is C27H36O6. The number of methoxy groups -OCH3 is 1. The zero-order valence-corrected chi connectivity index (χ0v) is 19.6. The Labute approximate surface area is 195 Å². The average Bonchev–Trinajstić information content (AvgIpc) is 3.67. The van der Waals surface area contributed by atoms with E-state index in [9.17, 15) is 9.90 Å². The van der Waals surface area contributed by atoms with Crippen LogP contribution in [0.5, 0.6) is 5.75 Å². The highest BCUT2D eigenvalue weighted by atomic mass is 16.5. The molecule has 1 aromatic heterocycles. The Hall–Kier alpha value is -2.15. The number of aromatic hydroxyl groups is 1.